The molecule has 1 amide bonds. The SMILES string of the molecule is O=C(O)Cc1ccc2oc(-c3ccc(NC(=O)C=Cc4cccc(Cl)c4F)c(F)c3)nc2c1. The summed E-state index contributed by atoms with van der Waals surface area (Å²) in [5, 5.41) is 11.2. The van der Waals surface area contributed by atoms with Crippen LogP contribution in [0.2, 0.25) is 5.02 Å². The van der Waals surface area contributed by atoms with Crippen LogP contribution in [0.25, 0.3) is 28.6 Å². The molecule has 0 aliphatic rings. The number of anilines is 1. The Morgan fingerprint density at radius 1 is 1.12 bits per heavy atom. The minimum Gasteiger partial charge on any atom is -0.481 e. The molecule has 2 N–H and O–H groups in total. The summed E-state index contributed by atoms with van der Waals surface area (Å²) in [7, 11) is 0. The van der Waals surface area contributed by atoms with Gasteiger partial charge in [0.1, 0.15) is 17.2 Å². The van der Waals surface area contributed by atoms with Gasteiger partial charge < -0.3 is 14.8 Å². The number of rotatable bonds is 6. The van der Waals surface area contributed by atoms with Crippen molar-refractivity contribution in [1.29, 1.82) is 0 Å². The Balaban J connectivity index is 1.51. The smallest absolute Gasteiger partial charge is 0.307 e. The normalized spacial score (nSPS) is 11.2. The van der Waals surface area contributed by atoms with E-state index in [1.807, 2.05) is 0 Å². The summed E-state index contributed by atoms with van der Waals surface area (Å²) >= 11 is 5.70. The van der Waals surface area contributed by atoms with Crippen molar-refractivity contribution in [2.24, 2.45) is 0 Å². The molecule has 3 aromatic carbocycles. The fraction of sp³-hybridized carbons (Fsp3) is 0.0417. The number of carboxylic acids is 1. The van der Waals surface area contributed by atoms with E-state index in [9.17, 15) is 18.4 Å². The Kier molecular flexibility index (Phi) is 6.19. The Morgan fingerprint density at radius 3 is 2.70 bits per heavy atom. The van der Waals surface area contributed by atoms with Crippen molar-refractivity contribution in [3.05, 3.63) is 88.5 Å². The van der Waals surface area contributed by atoms with Crippen LogP contribution in [0.15, 0.2) is 65.1 Å². The number of carbonyl (C=O) groups is 2. The molecule has 0 saturated heterocycles. The first-order valence-electron chi connectivity index (χ1n) is 9.64. The molecule has 0 aliphatic heterocycles. The molecular formula is C24H15ClF2N2O4. The third-order valence-corrected chi connectivity index (χ3v) is 4.97. The van der Waals surface area contributed by atoms with Gasteiger partial charge in [0, 0.05) is 17.2 Å². The molecule has 166 valence electrons. The number of aliphatic carboxylic acids is 1. The number of halogens is 3. The Hall–Kier alpha value is -4.04. The van der Waals surface area contributed by atoms with Crippen molar-refractivity contribution in [3.8, 4) is 11.5 Å². The molecule has 4 aromatic rings. The molecule has 1 heterocycles. The number of amides is 1. The molecule has 0 fully saturated rings. The Labute approximate surface area is 191 Å². The van der Waals surface area contributed by atoms with Crippen molar-refractivity contribution in [3.63, 3.8) is 0 Å². The van der Waals surface area contributed by atoms with E-state index in [1.54, 1.807) is 24.3 Å². The maximum atomic E-state index is 14.6. The number of aromatic nitrogens is 1. The highest BCUT2D eigenvalue weighted by atomic mass is 35.5. The third kappa shape index (κ3) is 5.07. The summed E-state index contributed by atoms with van der Waals surface area (Å²) in [5.74, 6) is -2.87. The highest BCUT2D eigenvalue weighted by Gasteiger charge is 2.13. The van der Waals surface area contributed by atoms with E-state index < -0.39 is 23.5 Å². The second kappa shape index (κ2) is 9.22. The number of carbonyl (C=O) groups excluding carboxylic acids is 1. The van der Waals surface area contributed by atoms with Crippen molar-refractivity contribution >= 4 is 46.3 Å². The first-order chi connectivity index (χ1) is 15.8. The van der Waals surface area contributed by atoms with Gasteiger partial charge in [-0.05, 0) is 48.0 Å². The monoisotopic (exact) mass is 468 g/mol. The molecule has 1 aromatic heterocycles. The number of hydrogen-bond acceptors (Lipinski definition) is 4. The quantitative estimate of drug-likeness (QED) is 0.354. The van der Waals surface area contributed by atoms with Gasteiger partial charge in [-0.3, -0.25) is 9.59 Å². The fourth-order valence-corrected chi connectivity index (χ4v) is 3.30. The number of benzene rings is 3. The van der Waals surface area contributed by atoms with E-state index in [4.69, 9.17) is 21.1 Å². The van der Waals surface area contributed by atoms with Gasteiger partial charge in [-0.25, -0.2) is 13.8 Å². The number of fused-ring (bicyclic) bond motifs is 1. The van der Waals surface area contributed by atoms with Gasteiger partial charge in [-0.2, -0.15) is 0 Å². The van der Waals surface area contributed by atoms with Crippen LogP contribution in [0.5, 0.6) is 0 Å². The molecule has 4 rings (SSSR count). The minimum absolute atomic E-state index is 0.0727. The van der Waals surface area contributed by atoms with E-state index in [0.29, 0.717) is 22.2 Å². The number of hydrogen-bond donors (Lipinski definition) is 2. The van der Waals surface area contributed by atoms with Crippen LogP contribution in [-0.4, -0.2) is 22.0 Å². The van der Waals surface area contributed by atoms with Gasteiger partial charge in [0.2, 0.25) is 11.8 Å². The van der Waals surface area contributed by atoms with Crippen LogP contribution in [0.4, 0.5) is 14.5 Å². The van der Waals surface area contributed by atoms with E-state index in [-0.39, 0.29) is 28.6 Å². The van der Waals surface area contributed by atoms with Crippen LogP contribution in [0.1, 0.15) is 11.1 Å². The van der Waals surface area contributed by atoms with E-state index in [1.165, 1.54) is 30.3 Å². The molecule has 0 aliphatic carbocycles. The van der Waals surface area contributed by atoms with Gasteiger partial charge >= 0.3 is 5.97 Å². The molecule has 6 nitrogen and oxygen atoms in total. The summed E-state index contributed by atoms with van der Waals surface area (Å²) in [6.45, 7) is 0. The van der Waals surface area contributed by atoms with E-state index >= 15 is 0 Å². The number of nitrogens with one attached hydrogen (secondary N) is 1. The Bertz CT molecular complexity index is 1420. The average Bonchev–Trinajstić information content (AvgIpc) is 3.19. The van der Waals surface area contributed by atoms with Crippen LogP contribution >= 0.6 is 11.6 Å². The third-order valence-electron chi connectivity index (χ3n) is 4.68. The number of oxazole rings is 1. The zero-order valence-corrected chi connectivity index (χ0v) is 17.6. The first kappa shape index (κ1) is 22.2. The molecular weight excluding hydrogens is 454 g/mol. The van der Waals surface area contributed by atoms with Gasteiger partial charge in [0.05, 0.1) is 17.1 Å². The Morgan fingerprint density at radius 2 is 1.94 bits per heavy atom. The predicted molar refractivity (Wildman–Crippen MR) is 120 cm³/mol. The molecule has 0 radical (unpaired) electrons. The summed E-state index contributed by atoms with van der Waals surface area (Å²) in [6, 6.07) is 13.2. The van der Waals surface area contributed by atoms with Crippen molar-refractivity contribution in [1.82, 2.24) is 4.98 Å². The average molecular weight is 469 g/mol. The summed E-state index contributed by atoms with van der Waals surface area (Å²) in [4.78, 5) is 27.3. The van der Waals surface area contributed by atoms with E-state index in [2.05, 4.69) is 10.3 Å². The van der Waals surface area contributed by atoms with Gasteiger partial charge in [-0.15, -0.1) is 0 Å². The highest BCUT2D eigenvalue weighted by Crippen LogP contribution is 2.28. The first-order valence-corrected chi connectivity index (χ1v) is 10.0. The van der Waals surface area contributed by atoms with E-state index in [0.717, 1.165) is 12.1 Å². The summed E-state index contributed by atoms with van der Waals surface area (Å²) in [6.07, 6.45) is 2.15. The highest BCUT2D eigenvalue weighted by molar-refractivity contribution is 6.30. The zero-order valence-electron chi connectivity index (χ0n) is 16.8. The largest absolute Gasteiger partial charge is 0.481 e. The minimum atomic E-state index is -0.967. The lowest BCUT2D eigenvalue weighted by Crippen LogP contribution is -2.09. The van der Waals surface area contributed by atoms with Gasteiger partial charge in [0.25, 0.3) is 0 Å². The maximum absolute atomic E-state index is 14.6. The molecule has 0 unspecified atom stereocenters. The summed E-state index contributed by atoms with van der Waals surface area (Å²) < 4.78 is 34.1. The lowest BCUT2D eigenvalue weighted by Gasteiger charge is -2.05. The lowest BCUT2D eigenvalue weighted by molar-refractivity contribution is -0.136. The van der Waals surface area contributed by atoms with Gasteiger partial charge in [-0.1, -0.05) is 29.8 Å². The van der Waals surface area contributed by atoms with Crippen molar-refractivity contribution in [2.75, 3.05) is 5.32 Å². The van der Waals surface area contributed by atoms with Crippen LogP contribution in [-0.2, 0) is 16.0 Å². The second-order valence-corrected chi connectivity index (χ2v) is 7.46. The predicted octanol–water partition coefficient (Wildman–Crippen LogP) is 5.71. The van der Waals surface area contributed by atoms with Gasteiger partial charge in [0.15, 0.2) is 5.58 Å². The standard InChI is InChI=1S/C24H15ClF2N2O4/c25-16-3-1-2-14(23(16)27)6-9-21(30)28-18-7-5-15(12-17(18)26)24-29-19-10-13(11-22(31)32)4-8-20(19)33-24/h1-10,12H,11H2,(H,28,30)(H,31,32). The molecule has 9 heteroatoms. The number of carboxylic acid groups (broad SMARTS) is 1. The topological polar surface area (TPSA) is 92.4 Å². The maximum Gasteiger partial charge on any atom is 0.307 e. The summed E-state index contributed by atoms with van der Waals surface area (Å²) in [5.41, 5.74) is 1.80. The molecule has 0 saturated carbocycles. The second-order valence-electron chi connectivity index (χ2n) is 7.05. The molecule has 0 spiro atoms. The molecule has 33 heavy (non-hydrogen) atoms. The molecule has 0 bridgehead atoms. The van der Waals surface area contributed by atoms with Crippen LogP contribution in [0.3, 0.4) is 0 Å². The zero-order chi connectivity index (χ0) is 23.5. The van der Waals surface area contributed by atoms with Crippen molar-refractivity contribution in [2.45, 2.75) is 6.42 Å². The molecule has 0 atom stereocenters. The van der Waals surface area contributed by atoms with Crippen LogP contribution < -0.4 is 5.32 Å². The van der Waals surface area contributed by atoms with Crippen LogP contribution in [0, 0.1) is 11.6 Å². The number of nitrogens with zero attached hydrogens (tertiary/aromatic N) is 1. The lowest BCUT2D eigenvalue weighted by atomic mass is 10.1. The van der Waals surface area contributed by atoms with Crippen molar-refractivity contribution < 1.29 is 27.9 Å². The fourth-order valence-electron chi connectivity index (χ4n) is 3.12.